The molecule has 1 amide bonds. The first-order chi connectivity index (χ1) is 13.0. The van der Waals surface area contributed by atoms with Crippen molar-refractivity contribution in [3.8, 4) is 5.69 Å². The van der Waals surface area contributed by atoms with Crippen molar-refractivity contribution >= 4 is 17.5 Å². The average Bonchev–Trinajstić information content (AvgIpc) is 3.00. The molecule has 0 bridgehead atoms. The molecular weight excluding hydrogens is 338 g/mol. The Labute approximate surface area is 158 Å². The summed E-state index contributed by atoms with van der Waals surface area (Å²) >= 11 is 0. The molecule has 3 aromatic rings. The highest BCUT2D eigenvalue weighted by atomic mass is 16.2. The van der Waals surface area contributed by atoms with E-state index in [1.807, 2.05) is 69.3 Å². The van der Waals surface area contributed by atoms with Crippen molar-refractivity contribution in [3.05, 3.63) is 76.5 Å². The summed E-state index contributed by atoms with van der Waals surface area (Å²) in [5.74, 6) is -0.128. The maximum atomic E-state index is 13.3. The molecule has 5 heteroatoms. The van der Waals surface area contributed by atoms with Gasteiger partial charge in [-0.1, -0.05) is 30.3 Å². The van der Waals surface area contributed by atoms with Crippen molar-refractivity contribution in [3.63, 3.8) is 0 Å². The number of nitrogens with one attached hydrogen (secondary N) is 1. The number of aryl methyl sites for hydroxylation is 3. The van der Waals surface area contributed by atoms with E-state index < -0.39 is 5.92 Å². The summed E-state index contributed by atoms with van der Waals surface area (Å²) in [6.45, 7) is 5.89. The van der Waals surface area contributed by atoms with Crippen LogP contribution in [0.3, 0.4) is 0 Å². The van der Waals surface area contributed by atoms with Gasteiger partial charge in [0.15, 0.2) is 5.78 Å². The molecule has 0 radical (unpaired) electrons. The van der Waals surface area contributed by atoms with E-state index in [4.69, 9.17) is 0 Å². The predicted octanol–water partition coefficient (Wildman–Crippen LogP) is 4.11. The summed E-state index contributed by atoms with van der Waals surface area (Å²) in [5, 5.41) is 7.52. The van der Waals surface area contributed by atoms with Gasteiger partial charge in [0.2, 0.25) is 5.91 Å². The first-order valence-corrected chi connectivity index (χ1v) is 9.02. The number of carbonyl (C=O) groups is 2. The summed E-state index contributed by atoms with van der Waals surface area (Å²) in [6, 6.07) is 15.3. The van der Waals surface area contributed by atoms with Gasteiger partial charge in [0, 0.05) is 17.5 Å². The highest BCUT2D eigenvalue weighted by Crippen LogP contribution is 2.38. The minimum absolute atomic E-state index is 0.0371. The summed E-state index contributed by atoms with van der Waals surface area (Å²) in [7, 11) is 0. The predicted molar refractivity (Wildman–Crippen MR) is 105 cm³/mol. The lowest BCUT2D eigenvalue weighted by Gasteiger charge is -2.23. The molecule has 0 fully saturated rings. The number of amides is 1. The molecule has 5 nitrogen and oxygen atoms in total. The number of benzene rings is 2. The normalized spacial score (nSPS) is 16.0. The fourth-order valence-electron chi connectivity index (χ4n) is 3.62. The van der Waals surface area contributed by atoms with Crippen LogP contribution in [0.1, 0.15) is 45.1 Å². The van der Waals surface area contributed by atoms with Crippen LogP contribution in [0.4, 0.5) is 5.82 Å². The van der Waals surface area contributed by atoms with Crippen LogP contribution in [0.15, 0.2) is 48.5 Å². The number of carbonyl (C=O) groups excluding carboxylic acids is 2. The van der Waals surface area contributed by atoms with Crippen molar-refractivity contribution in [1.29, 1.82) is 0 Å². The Balaban J connectivity index is 1.82. The molecular formula is C22H21N3O2. The van der Waals surface area contributed by atoms with Crippen molar-refractivity contribution in [2.45, 2.75) is 33.1 Å². The Kier molecular flexibility index (Phi) is 4.15. The fraction of sp³-hybridized carbons (Fsp3) is 0.227. The van der Waals surface area contributed by atoms with Crippen molar-refractivity contribution in [1.82, 2.24) is 9.78 Å². The van der Waals surface area contributed by atoms with Gasteiger partial charge in [0.1, 0.15) is 5.82 Å². The number of aromatic nitrogens is 2. The van der Waals surface area contributed by atoms with Gasteiger partial charge >= 0.3 is 0 Å². The van der Waals surface area contributed by atoms with Crippen molar-refractivity contribution in [2.24, 2.45) is 0 Å². The Morgan fingerprint density at radius 1 is 1.07 bits per heavy atom. The molecule has 0 aliphatic carbocycles. The standard InChI is InChI=1S/C22H21N3O2/c1-13-9-10-16(11-14(13)2)21(27)18-12-19(26)23-22-20(18)15(3)24-25(22)17-7-5-4-6-8-17/h4-11,18H,12H2,1-3H3,(H,23,26)/t18-/m1/s1. The van der Waals surface area contributed by atoms with Gasteiger partial charge < -0.3 is 5.32 Å². The van der Waals surface area contributed by atoms with E-state index >= 15 is 0 Å². The van der Waals surface area contributed by atoms with Crippen molar-refractivity contribution < 1.29 is 9.59 Å². The summed E-state index contributed by atoms with van der Waals surface area (Å²) in [5.41, 5.74) is 5.26. The zero-order chi connectivity index (χ0) is 19.1. The molecule has 0 spiro atoms. The molecule has 2 aromatic carbocycles. The number of ketones is 1. The summed E-state index contributed by atoms with van der Waals surface area (Å²) in [4.78, 5) is 25.6. The third kappa shape index (κ3) is 2.95. The highest BCUT2D eigenvalue weighted by molar-refractivity contribution is 6.08. The van der Waals surface area contributed by atoms with Crippen LogP contribution in [0, 0.1) is 20.8 Å². The van der Waals surface area contributed by atoms with E-state index in [1.54, 1.807) is 4.68 Å². The smallest absolute Gasteiger partial charge is 0.226 e. The van der Waals surface area contributed by atoms with E-state index in [0.717, 1.165) is 28.1 Å². The monoisotopic (exact) mass is 359 g/mol. The second-order valence-corrected chi connectivity index (χ2v) is 7.06. The molecule has 1 N–H and O–H groups in total. The minimum Gasteiger partial charge on any atom is -0.310 e. The highest BCUT2D eigenvalue weighted by Gasteiger charge is 2.36. The topological polar surface area (TPSA) is 64.0 Å². The quantitative estimate of drug-likeness (QED) is 0.716. The molecule has 0 saturated carbocycles. The Morgan fingerprint density at radius 3 is 2.52 bits per heavy atom. The number of Topliss-reactive ketones (excluding diaryl/α,β-unsaturated/α-hetero) is 1. The second kappa shape index (κ2) is 6.50. The summed E-state index contributed by atoms with van der Waals surface area (Å²) < 4.78 is 1.71. The van der Waals surface area contributed by atoms with Crippen LogP contribution in [-0.4, -0.2) is 21.5 Å². The van der Waals surface area contributed by atoms with Crippen molar-refractivity contribution in [2.75, 3.05) is 5.32 Å². The van der Waals surface area contributed by atoms with E-state index in [-0.39, 0.29) is 18.1 Å². The van der Waals surface area contributed by atoms with Gasteiger partial charge in [-0.05, 0) is 50.1 Å². The maximum Gasteiger partial charge on any atom is 0.226 e. The maximum absolute atomic E-state index is 13.3. The first kappa shape index (κ1) is 17.2. The van der Waals surface area contributed by atoms with E-state index in [0.29, 0.717) is 11.4 Å². The molecule has 27 heavy (non-hydrogen) atoms. The molecule has 1 aromatic heterocycles. The Hall–Kier alpha value is -3.21. The molecule has 0 unspecified atom stereocenters. The lowest BCUT2D eigenvalue weighted by molar-refractivity contribution is -0.116. The molecule has 4 rings (SSSR count). The van der Waals surface area contributed by atoms with Gasteiger partial charge in [0.25, 0.3) is 0 Å². The number of anilines is 1. The number of nitrogens with zero attached hydrogens (tertiary/aromatic N) is 2. The van der Waals surface area contributed by atoms with Gasteiger partial charge in [-0.3, -0.25) is 9.59 Å². The van der Waals surface area contributed by atoms with E-state index in [2.05, 4.69) is 10.4 Å². The molecule has 1 aliphatic rings. The molecule has 2 heterocycles. The van der Waals surface area contributed by atoms with Crippen LogP contribution in [0.2, 0.25) is 0 Å². The number of fused-ring (bicyclic) bond motifs is 1. The number of rotatable bonds is 3. The first-order valence-electron chi connectivity index (χ1n) is 9.02. The summed E-state index contributed by atoms with van der Waals surface area (Å²) in [6.07, 6.45) is 0.139. The van der Waals surface area contributed by atoms with Crippen LogP contribution >= 0.6 is 0 Å². The van der Waals surface area contributed by atoms with Crippen LogP contribution in [0.25, 0.3) is 5.69 Å². The van der Waals surface area contributed by atoms with Crippen LogP contribution in [0.5, 0.6) is 0 Å². The third-order valence-corrected chi connectivity index (χ3v) is 5.21. The van der Waals surface area contributed by atoms with Gasteiger partial charge in [0.05, 0.1) is 17.3 Å². The zero-order valence-electron chi connectivity index (χ0n) is 15.6. The molecule has 1 aliphatic heterocycles. The number of hydrogen-bond acceptors (Lipinski definition) is 3. The van der Waals surface area contributed by atoms with Crippen LogP contribution in [-0.2, 0) is 4.79 Å². The zero-order valence-corrected chi connectivity index (χ0v) is 15.6. The molecule has 136 valence electrons. The lowest BCUT2D eigenvalue weighted by atomic mass is 9.85. The molecule has 0 saturated heterocycles. The Bertz CT molecular complexity index is 1050. The van der Waals surface area contributed by atoms with E-state index in [9.17, 15) is 9.59 Å². The third-order valence-electron chi connectivity index (χ3n) is 5.21. The van der Waals surface area contributed by atoms with Gasteiger partial charge in [-0.25, -0.2) is 4.68 Å². The van der Waals surface area contributed by atoms with Crippen LogP contribution < -0.4 is 5.32 Å². The Morgan fingerprint density at radius 2 is 1.81 bits per heavy atom. The van der Waals surface area contributed by atoms with Gasteiger partial charge in [-0.2, -0.15) is 5.10 Å². The number of para-hydroxylation sites is 1. The minimum atomic E-state index is -0.520. The average molecular weight is 359 g/mol. The van der Waals surface area contributed by atoms with E-state index in [1.165, 1.54) is 0 Å². The molecule has 1 atom stereocenters. The second-order valence-electron chi connectivity index (χ2n) is 7.06. The lowest BCUT2D eigenvalue weighted by Crippen LogP contribution is -2.28. The largest absolute Gasteiger partial charge is 0.310 e. The SMILES string of the molecule is Cc1ccc(C(=O)[C@@H]2CC(=O)Nc3c2c(C)nn3-c2ccccc2)cc1C. The number of hydrogen-bond donors (Lipinski definition) is 1. The fourth-order valence-corrected chi connectivity index (χ4v) is 3.62. The van der Waals surface area contributed by atoms with Gasteiger partial charge in [-0.15, -0.1) is 0 Å².